The molecule has 1 heterocycles. The molecule has 2 aromatic carbocycles. The molecule has 1 aliphatic heterocycles. The molecule has 4 rings (SSSR count). The fraction of sp³-hybridized carbons (Fsp3) is 0.400. The van der Waals surface area contributed by atoms with Gasteiger partial charge in [-0.25, -0.2) is 13.6 Å². The highest BCUT2D eigenvalue weighted by atomic mass is 19.3. The van der Waals surface area contributed by atoms with Crippen LogP contribution in [0.3, 0.4) is 0 Å². The predicted molar refractivity (Wildman–Crippen MR) is 121 cm³/mol. The summed E-state index contributed by atoms with van der Waals surface area (Å²) in [5.41, 5.74) is 4.35. The van der Waals surface area contributed by atoms with Gasteiger partial charge in [-0.2, -0.15) is 0 Å². The number of benzene rings is 2. The first-order chi connectivity index (χ1) is 16.7. The minimum Gasteiger partial charge on any atom is -0.481 e. The highest BCUT2D eigenvalue weighted by Crippen LogP contribution is 2.44. The van der Waals surface area contributed by atoms with Crippen molar-refractivity contribution in [2.75, 3.05) is 33.4 Å². The molecule has 1 saturated heterocycles. The third kappa shape index (κ3) is 5.12. The average Bonchev–Trinajstić information content (AvgIpc) is 3.34. The number of methoxy groups -OCH3 is 1. The molecule has 0 spiro atoms. The number of alkyl carbamates (subject to hydrolysis) is 1. The Bertz CT molecular complexity index is 1080. The summed E-state index contributed by atoms with van der Waals surface area (Å²) in [5, 5.41) is 11.5. The normalized spacial score (nSPS) is 19.1. The van der Waals surface area contributed by atoms with Gasteiger partial charge in [0.2, 0.25) is 5.91 Å². The number of halogens is 2. The zero-order chi connectivity index (χ0) is 25.2. The van der Waals surface area contributed by atoms with Crippen molar-refractivity contribution in [2.24, 2.45) is 5.92 Å². The lowest BCUT2D eigenvalue weighted by Crippen LogP contribution is -2.39. The van der Waals surface area contributed by atoms with E-state index in [2.05, 4.69) is 5.32 Å². The lowest BCUT2D eigenvalue weighted by Gasteiger charge is -2.21. The average molecular weight is 488 g/mol. The van der Waals surface area contributed by atoms with Crippen LogP contribution in [-0.4, -0.2) is 73.4 Å². The Hall–Kier alpha value is -3.53. The molecule has 2 N–H and O–H groups in total. The number of rotatable bonds is 8. The number of ether oxygens (including phenoxy) is 2. The number of fused-ring (bicyclic) bond motifs is 3. The molecule has 1 aliphatic carbocycles. The molecule has 8 nitrogen and oxygen atoms in total. The molecule has 0 saturated carbocycles. The van der Waals surface area contributed by atoms with Gasteiger partial charge in [-0.05, 0) is 22.3 Å². The van der Waals surface area contributed by atoms with Crippen molar-refractivity contribution in [3.05, 3.63) is 59.7 Å². The van der Waals surface area contributed by atoms with E-state index < -0.39 is 49.0 Å². The minimum absolute atomic E-state index is 0.0779. The quantitative estimate of drug-likeness (QED) is 0.592. The van der Waals surface area contributed by atoms with Gasteiger partial charge in [-0.1, -0.05) is 48.5 Å². The molecule has 2 amide bonds. The topological polar surface area (TPSA) is 105 Å². The van der Waals surface area contributed by atoms with Gasteiger partial charge in [-0.3, -0.25) is 9.59 Å². The predicted octanol–water partition coefficient (Wildman–Crippen LogP) is 3.11. The van der Waals surface area contributed by atoms with E-state index in [1.54, 1.807) is 0 Å². The number of aliphatic carboxylic acids is 1. The fourth-order valence-corrected chi connectivity index (χ4v) is 4.64. The van der Waals surface area contributed by atoms with Crippen molar-refractivity contribution in [1.29, 1.82) is 0 Å². The van der Waals surface area contributed by atoms with Gasteiger partial charge < -0.3 is 24.8 Å². The van der Waals surface area contributed by atoms with Gasteiger partial charge in [0.15, 0.2) is 0 Å². The minimum atomic E-state index is -3.50. The van der Waals surface area contributed by atoms with Crippen LogP contribution < -0.4 is 5.32 Å². The Morgan fingerprint density at radius 1 is 1.11 bits per heavy atom. The maximum absolute atomic E-state index is 13.9. The van der Waals surface area contributed by atoms with E-state index in [4.69, 9.17) is 14.6 Å². The van der Waals surface area contributed by atoms with Crippen LogP contribution >= 0.6 is 0 Å². The zero-order valence-corrected chi connectivity index (χ0v) is 19.1. The van der Waals surface area contributed by atoms with Crippen LogP contribution in [-0.2, 0) is 19.1 Å². The number of amides is 2. The Kier molecular flexibility index (Phi) is 7.02. The van der Waals surface area contributed by atoms with Gasteiger partial charge >= 0.3 is 12.1 Å². The van der Waals surface area contributed by atoms with Crippen LogP contribution in [0.15, 0.2) is 48.5 Å². The van der Waals surface area contributed by atoms with Gasteiger partial charge in [0.1, 0.15) is 12.5 Å². The Morgan fingerprint density at radius 3 is 2.26 bits per heavy atom. The first-order valence-electron chi connectivity index (χ1n) is 11.2. The first kappa shape index (κ1) is 24.6. The largest absolute Gasteiger partial charge is 0.481 e. The van der Waals surface area contributed by atoms with Crippen molar-refractivity contribution >= 4 is 18.0 Å². The van der Waals surface area contributed by atoms with Gasteiger partial charge in [0.25, 0.3) is 5.92 Å². The summed E-state index contributed by atoms with van der Waals surface area (Å²) in [6.45, 7) is -1.49. The summed E-state index contributed by atoms with van der Waals surface area (Å²) in [7, 11) is 1.33. The third-order valence-electron chi connectivity index (χ3n) is 6.52. The molecule has 35 heavy (non-hydrogen) atoms. The summed E-state index contributed by atoms with van der Waals surface area (Å²) < 4.78 is 38.4. The lowest BCUT2D eigenvalue weighted by atomic mass is 9.98. The number of nitrogens with one attached hydrogen (secondary N) is 1. The smallest absolute Gasteiger partial charge is 0.407 e. The van der Waals surface area contributed by atoms with Crippen molar-refractivity contribution in [3.63, 3.8) is 0 Å². The Morgan fingerprint density at radius 2 is 1.71 bits per heavy atom. The lowest BCUT2D eigenvalue weighted by molar-refractivity contribution is -0.151. The van der Waals surface area contributed by atoms with Crippen LogP contribution in [0.2, 0.25) is 0 Å². The molecule has 1 fully saturated rings. The maximum Gasteiger partial charge on any atom is 0.407 e. The highest BCUT2D eigenvalue weighted by molar-refractivity contribution is 5.80. The first-order valence-corrected chi connectivity index (χ1v) is 11.2. The second-order valence-corrected chi connectivity index (χ2v) is 8.69. The van der Waals surface area contributed by atoms with Gasteiger partial charge in [0.05, 0.1) is 19.1 Å². The second kappa shape index (κ2) is 9.99. The summed E-state index contributed by atoms with van der Waals surface area (Å²) in [4.78, 5) is 36.6. The van der Waals surface area contributed by atoms with Gasteiger partial charge in [-0.15, -0.1) is 0 Å². The van der Waals surface area contributed by atoms with Crippen molar-refractivity contribution in [2.45, 2.75) is 24.4 Å². The Labute approximate surface area is 200 Å². The summed E-state index contributed by atoms with van der Waals surface area (Å²) in [6, 6.07) is 15.9. The van der Waals surface area contributed by atoms with E-state index in [0.29, 0.717) is 0 Å². The molecule has 2 atom stereocenters. The molecule has 2 unspecified atom stereocenters. The van der Waals surface area contributed by atoms with E-state index in [0.717, 1.165) is 27.2 Å². The van der Waals surface area contributed by atoms with Gasteiger partial charge in [0, 0.05) is 26.1 Å². The van der Waals surface area contributed by atoms with Crippen LogP contribution in [0, 0.1) is 5.92 Å². The molecule has 10 heteroatoms. The number of hydrogen-bond acceptors (Lipinski definition) is 5. The summed E-state index contributed by atoms with van der Waals surface area (Å²) in [6.07, 6.45) is -1.77. The van der Waals surface area contributed by atoms with E-state index in [-0.39, 0.29) is 25.5 Å². The van der Waals surface area contributed by atoms with E-state index in [1.165, 1.54) is 7.11 Å². The van der Waals surface area contributed by atoms with Crippen molar-refractivity contribution < 1.29 is 37.7 Å². The summed E-state index contributed by atoms with van der Waals surface area (Å²) >= 11 is 0. The van der Waals surface area contributed by atoms with E-state index in [9.17, 15) is 23.2 Å². The van der Waals surface area contributed by atoms with Crippen LogP contribution in [0.4, 0.5) is 13.6 Å². The number of carbonyl (C=O) groups is 3. The SMILES string of the molecule is COC(CNC(=O)OCC1c2ccccc2-c2ccccc21)CC(=O)N1CC(C(=O)O)C(F)(F)C1. The maximum atomic E-state index is 13.9. The third-order valence-corrected chi connectivity index (χ3v) is 6.52. The van der Waals surface area contributed by atoms with E-state index in [1.807, 2.05) is 48.5 Å². The number of carbonyl (C=O) groups excluding carboxylic acids is 2. The van der Waals surface area contributed by atoms with Crippen molar-refractivity contribution in [1.82, 2.24) is 10.2 Å². The van der Waals surface area contributed by atoms with Crippen LogP contribution in [0.1, 0.15) is 23.5 Å². The number of likely N-dealkylation sites (tertiary alicyclic amines) is 1. The molecule has 186 valence electrons. The molecular weight excluding hydrogens is 462 g/mol. The Balaban J connectivity index is 1.28. The van der Waals surface area contributed by atoms with E-state index >= 15 is 0 Å². The number of alkyl halides is 2. The van der Waals surface area contributed by atoms with Crippen molar-refractivity contribution in [3.8, 4) is 11.1 Å². The standard InChI is InChI=1S/C25H26F2N2O6/c1-34-15(10-22(30)29-12-21(23(31)32)25(26,27)14-29)11-28-24(33)35-13-20-18-8-4-2-6-16(18)17-7-3-5-9-19(17)20/h2-9,15,20-21H,10-14H2,1H3,(H,28,33)(H,31,32). The number of hydrogen-bond donors (Lipinski definition) is 2. The molecule has 0 bridgehead atoms. The van der Waals surface area contributed by atoms with Crippen LogP contribution in [0.5, 0.6) is 0 Å². The molecule has 2 aromatic rings. The number of nitrogens with zero attached hydrogens (tertiary/aromatic N) is 1. The molecule has 0 aromatic heterocycles. The summed E-state index contributed by atoms with van der Waals surface area (Å²) in [5.74, 6) is -7.86. The number of carboxylic acid groups (broad SMARTS) is 1. The molecule has 0 radical (unpaired) electrons. The second-order valence-electron chi connectivity index (χ2n) is 8.69. The van der Waals surface area contributed by atoms with Crippen LogP contribution in [0.25, 0.3) is 11.1 Å². The molecular formula is C25H26F2N2O6. The number of carboxylic acids is 1. The monoisotopic (exact) mass is 488 g/mol. The zero-order valence-electron chi connectivity index (χ0n) is 19.1. The highest BCUT2D eigenvalue weighted by Gasteiger charge is 2.53. The molecule has 2 aliphatic rings. The fourth-order valence-electron chi connectivity index (χ4n) is 4.64.